The number of rotatable bonds is 5. The van der Waals surface area contributed by atoms with Crippen LogP contribution in [0, 0.1) is 10.1 Å². The number of nitrogens with one attached hydrogen (secondary N) is 2. The Hall–Kier alpha value is -1.09. The van der Waals surface area contributed by atoms with E-state index in [0.717, 1.165) is 5.69 Å². The molecule has 1 aromatic rings. The third kappa shape index (κ3) is 3.20. The highest BCUT2D eigenvalue weighted by Gasteiger charge is 2.09. The second kappa shape index (κ2) is 5.71. The lowest BCUT2D eigenvalue weighted by atomic mass is 10.2. The van der Waals surface area contributed by atoms with Gasteiger partial charge in [0.2, 0.25) is 0 Å². The van der Waals surface area contributed by atoms with Crippen LogP contribution in [0.4, 0.5) is 17.1 Å². The van der Waals surface area contributed by atoms with Crippen molar-refractivity contribution in [1.82, 2.24) is 0 Å². The summed E-state index contributed by atoms with van der Waals surface area (Å²) >= 11 is 1.94. The number of non-ortho nitro benzene ring substituents is 1. The van der Waals surface area contributed by atoms with Crippen molar-refractivity contribution in [2.45, 2.75) is 0 Å². The van der Waals surface area contributed by atoms with Crippen LogP contribution in [0.1, 0.15) is 0 Å². The van der Waals surface area contributed by atoms with Crippen molar-refractivity contribution in [3.63, 3.8) is 0 Å². The topological polar surface area (TPSA) is 87.4 Å². The van der Waals surface area contributed by atoms with Crippen molar-refractivity contribution < 1.29 is 10.0 Å². The van der Waals surface area contributed by atoms with Crippen molar-refractivity contribution in [1.29, 1.82) is 0 Å². The molecule has 0 saturated heterocycles. The summed E-state index contributed by atoms with van der Waals surface area (Å²) in [6.45, 7) is 0.329. The van der Waals surface area contributed by atoms with Crippen molar-refractivity contribution in [2.24, 2.45) is 0 Å². The van der Waals surface area contributed by atoms with Gasteiger partial charge in [-0.2, -0.15) is 0 Å². The van der Waals surface area contributed by atoms with Crippen LogP contribution in [0.2, 0.25) is 0 Å². The van der Waals surface area contributed by atoms with Gasteiger partial charge in [0, 0.05) is 18.7 Å². The van der Waals surface area contributed by atoms with Gasteiger partial charge in [-0.1, -0.05) is 0 Å². The van der Waals surface area contributed by atoms with Crippen LogP contribution in [-0.2, 0) is 0 Å². The maximum absolute atomic E-state index is 10.5. The molecule has 1 rings (SSSR count). The molecule has 3 N–H and O–H groups in total. The molecule has 0 aliphatic heterocycles. The quantitative estimate of drug-likeness (QED) is 0.333. The third-order valence-corrected chi connectivity index (χ3v) is 2.32. The minimum atomic E-state index is -0.457. The zero-order valence-corrected chi connectivity index (χ0v) is 9.89. The number of aliphatic hydroxyl groups is 1. The minimum absolute atomic E-state index is 0.0193. The Morgan fingerprint density at radius 2 is 2.20 bits per heavy atom. The summed E-state index contributed by atoms with van der Waals surface area (Å²) < 4.78 is 2.87. The summed E-state index contributed by atoms with van der Waals surface area (Å²) in [5, 5.41) is 22.1. The molecule has 0 aliphatic carbocycles. The first-order valence-electron chi connectivity index (χ1n) is 4.19. The van der Waals surface area contributed by atoms with Crippen LogP contribution in [0.3, 0.4) is 0 Å². The fourth-order valence-corrected chi connectivity index (χ4v) is 1.54. The molecule has 0 aliphatic rings. The predicted octanol–water partition coefficient (Wildman–Crippen LogP) is 1.76. The summed E-state index contributed by atoms with van der Waals surface area (Å²) in [5.74, 6) is 0. The lowest BCUT2D eigenvalue weighted by Crippen LogP contribution is -2.07. The Bertz CT molecular complexity index is 359. The first-order chi connectivity index (χ1) is 7.19. The summed E-state index contributed by atoms with van der Waals surface area (Å²) in [6, 6.07) is 4.46. The Kier molecular flexibility index (Phi) is 4.56. The normalized spacial score (nSPS) is 9.73. The van der Waals surface area contributed by atoms with Gasteiger partial charge in [0.1, 0.15) is 0 Å². The van der Waals surface area contributed by atoms with E-state index in [9.17, 15) is 10.1 Å². The maximum Gasteiger partial charge on any atom is 0.271 e. The zero-order valence-electron chi connectivity index (χ0n) is 7.74. The number of halogens is 1. The van der Waals surface area contributed by atoms with E-state index in [2.05, 4.69) is 8.85 Å². The largest absolute Gasteiger partial charge is 0.395 e. The minimum Gasteiger partial charge on any atom is -0.395 e. The molecule has 0 saturated carbocycles. The molecular formula is C8H10IN3O3. The Morgan fingerprint density at radius 3 is 2.73 bits per heavy atom. The molecule has 0 heterocycles. The molecule has 15 heavy (non-hydrogen) atoms. The van der Waals surface area contributed by atoms with Crippen LogP contribution in [-0.4, -0.2) is 23.2 Å². The van der Waals surface area contributed by atoms with Crippen LogP contribution in [0.5, 0.6) is 0 Å². The van der Waals surface area contributed by atoms with E-state index in [1.54, 1.807) is 6.07 Å². The summed E-state index contributed by atoms with van der Waals surface area (Å²) in [4.78, 5) is 10.1. The molecule has 7 heteroatoms. The molecule has 0 bridgehead atoms. The van der Waals surface area contributed by atoms with E-state index < -0.39 is 4.92 Å². The smallest absolute Gasteiger partial charge is 0.271 e. The predicted molar refractivity (Wildman–Crippen MR) is 66.3 cm³/mol. The van der Waals surface area contributed by atoms with Gasteiger partial charge < -0.3 is 14.0 Å². The molecule has 0 unspecified atom stereocenters. The van der Waals surface area contributed by atoms with Gasteiger partial charge in [-0.15, -0.1) is 0 Å². The number of hydrogen-bond donors (Lipinski definition) is 3. The number of nitro benzene ring substituents is 1. The molecule has 1 aromatic carbocycles. The molecule has 82 valence electrons. The van der Waals surface area contributed by atoms with Crippen molar-refractivity contribution in [3.05, 3.63) is 28.3 Å². The Labute approximate surface area is 100 Å². The standard InChI is InChI=1S/C8H10IN3O3/c9-11-7-2-1-6(12(14)15)5-8(7)10-3-4-13/h1-2,5,10-11,13H,3-4H2. The van der Waals surface area contributed by atoms with Gasteiger partial charge in [-0.05, 0) is 6.07 Å². The molecule has 0 amide bonds. The van der Waals surface area contributed by atoms with Crippen molar-refractivity contribution in [2.75, 3.05) is 22.0 Å². The number of anilines is 2. The first kappa shape index (κ1) is 12.0. The zero-order chi connectivity index (χ0) is 11.3. The van der Waals surface area contributed by atoms with E-state index in [-0.39, 0.29) is 12.3 Å². The number of hydrogen-bond acceptors (Lipinski definition) is 5. The van der Waals surface area contributed by atoms with E-state index in [1.165, 1.54) is 12.1 Å². The van der Waals surface area contributed by atoms with Crippen LogP contribution in [0.15, 0.2) is 18.2 Å². The SMILES string of the molecule is O=[N+]([O-])c1ccc(NI)c(NCCO)c1. The van der Waals surface area contributed by atoms with E-state index in [4.69, 9.17) is 5.11 Å². The van der Waals surface area contributed by atoms with Crippen LogP contribution < -0.4 is 8.85 Å². The van der Waals surface area contributed by atoms with E-state index in [1.807, 2.05) is 22.9 Å². The van der Waals surface area contributed by atoms with Crippen molar-refractivity contribution >= 4 is 39.9 Å². The highest BCUT2D eigenvalue weighted by molar-refractivity contribution is 14.1. The lowest BCUT2D eigenvalue weighted by molar-refractivity contribution is -0.384. The molecule has 0 atom stereocenters. The average molecular weight is 323 g/mol. The second-order valence-electron chi connectivity index (χ2n) is 2.73. The summed E-state index contributed by atoms with van der Waals surface area (Å²) in [7, 11) is 0. The average Bonchev–Trinajstić information content (AvgIpc) is 2.25. The summed E-state index contributed by atoms with van der Waals surface area (Å²) in [5.41, 5.74) is 1.37. The highest BCUT2D eigenvalue weighted by Crippen LogP contribution is 2.27. The van der Waals surface area contributed by atoms with Gasteiger partial charge in [0.15, 0.2) is 0 Å². The molecular weight excluding hydrogens is 313 g/mol. The van der Waals surface area contributed by atoms with Crippen LogP contribution >= 0.6 is 22.9 Å². The van der Waals surface area contributed by atoms with Crippen LogP contribution in [0.25, 0.3) is 0 Å². The molecule has 6 nitrogen and oxygen atoms in total. The van der Waals surface area contributed by atoms with Crippen molar-refractivity contribution in [3.8, 4) is 0 Å². The lowest BCUT2D eigenvalue weighted by Gasteiger charge is -2.09. The van der Waals surface area contributed by atoms with Gasteiger partial charge in [0.05, 0.1) is 45.8 Å². The molecule has 0 radical (unpaired) electrons. The molecule has 0 fully saturated rings. The third-order valence-electron chi connectivity index (χ3n) is 1.74. The molecule has 0 aromatic heterocycles. The first-order valence-corrected chi connectivity index (χ1v) is 5.26. The Morgan fingerprint density at radius 1 is 1.47 bits per heavy atom. The highest BCUT2D eigenvalue weighted by atomic mass is 127. The maximum atomic E-state index is 10.5. The van der Waals surface area contributed by atoms with Gasteiger partial charge in [-0.25, -0.2) is 0 Å². The van der Waals surface area contributed by atoms with E-state index >= 15 is 0 Å². The number of nitrogens with zero attached hydrogens (tertiary/aromatic N) is 1. The van der Waals surface area contributed by atoms with Gasteiger partial charge >= 0.3 is 0 Å². The summed E-state index contributed by atoms with van der Waals surface area (Å²) in [6.07, 6.45) is 0. The fraction of sp³-hybridized carbons (Fsp3) is 0.250. The molecule has 0 spiro atoms. The Balaban J connectivity index is 2.96. The van der Waals surface area contributed by atoms with Gasteiger partial charge in [-0.3, -0.25) is 10.1 Å². The number of benzene rings is 1. The second-order valence-corrected chi connectivity index (χ2v) is 3.27. The fourth-order valence-electron chi connectivity index (χ4n) is 1.07. The van der Waals surface area contributed by atoms with E-state index in [0.29, 0.717) is 12.2 Å². The van der Waals surface area contributed by atoms with Gasteiger partial charge in [0.25, 0.3) is 5.69 Å². The monoisotopic (exact) mass is 323 g/mol. The number of nitro groups is 1. The number of aliphatic hydroxyl groups excluding tert-OH is 1.